The van der Waals surface area contributed by atoms with Crippen LogP contribution in [-0.2, 0) is 0 Å². The zero-order valence-corrected chi connectivity index (χ0v) is 9.65. The maximum Gasteiger partial charge on any atom is 0.162 e. The van der Waals surface area contributed by atoms with Gasteiger partial charge in [-0.05, 0) is 23.3 Å². The molecule has 0 amide bonds. The van der Waals surface area contributed by atoms with E-state index in [0.29, 0.717) is 12.8 Å². The Hall–Kier alpha value is -2.07. The van der Waals surface area contributed by atoms with Crippen molar-refractivity contribution < 1.29 is 4.79 Å². The summed E-state index contributed by atoms with van der Waals surface area (Å²) in [4.78, 5) is 11.9. The summed E-state index contributed by atoms with van der Waals surface area (Å²) in [5.74, 6) is 2.72. The molecule has 0 aliphatic carbocycles. The van der Waals surface area contributed by atoms with Crippen LogP contribution in [0.3, 0.4) is 0 Å². The van der Waals surface area contributed by atoms with Crippen LogP contribution in [0, 0.1) is 12.3 Å². The van der Waals surface area contributed by atoms with Crippen molar-refractivity contribution >= 4 is 16.6 Å². The van der Waals surface area contributed by atoms with Gasteiger partial charge in [-0.3, -0.25) is 4.79 Å². The van der Waals surface area contributed by atoms with Crippen LogP contribution >= 0.6 is 0 Å². The predicted octanol–water partition coefficient (Wildman–Crippen LogP) is 3.83. The maximum absolute atomic E-state index is 11.9. The lowest BCUT2D eigenvalue weighted by Gasteiger charge is -2.02. The molecule has 0 bridgehead atoms. The Bertz CT molecular complexity index is 575. The monoisotopic (exact) mass is 222 g/mol. The smallest absolute Gasteiger partial charge is 0.162 e. The molecule has 2 aromatic rings. The van der Waals surface area contributed by atoms with Crippen LogP contribution in [0.1, 0.15) is 29.6 Å². The van der Waals surface area contributed by atoms with Gasteiger partial charge < -0.3 is 0 Å². The van der Waals surface area contributed by atoms with E-state index in [1.165, 1.54) is 0 Å². The average molecular weight is 222 g/mol. The summed E-state index contributed by atoms with van der Waals surface area (Å²) in [6, 6.07) is 13.9. The van der Waals surface area contributed by atoms with Gasteiger partial charge in [-0.25, -0.2) is 0 Å². The quantitative estimate of drug-likeness (QED) is 0.436. The third kappa shape index (κ3) is 2.73. The Labute approximate surface area is 101 Å². The molecule has 0 heterocycles. The van der Waals surface area contributed by atoms with E-state index in [2.05, 4.69) is 5.92 Å². The first kappa shape index (κ1) is 11.4. The van der Waals surface area contributed by atoms with Crippen molar-refractivity contribution in [3.63, 3.8) is 0 Å². The minimum atomic E-state index is 0.172. The largest absolute Gasteiger partial charge is 0.294 e. The molecule has 0 unspecified atom stereocenters. The van der Waals surface area contributed by atoms with Crippen molar-refractivity contribution in [3.05, 3.63) is 48.0 Å². The Morgan fingerprint density at radius 2 is 1.88 bits per heavy atom. The first-order chi connectivity index (χ1) is 8.31. The summed E-state index contributed by atoms with van der Waals surface area (Å²) in [7, 11) is 0. The molecular formula is C16H14O. The molecule has 1 heteroatoms. The molecule has 0 saturated heterocycles. The zero-order valence-electron chi connectivity index (χ0n) is 9.65. The van der Waals surface area contributed by atoms with Crippen LogP contribution in [-0.4, -0.2) is 5.78 Å². The number of hydrogen-bond donors (Lipinski definition) is 0. The highest BCUT2D eigenvalue weighted by molar-refractivity contribution is 5.99. The number of unbranched alkanes of at least 4 members (excludes halogenated alkanes) is 1. The van der Waals surface area contributed by atoms with Gasteiger partial charge in [-0.15, -0.1) is 12.3 Å². The lowest BCUT2D eigenvalue weighted by Crippen LogP contribution is -1.98. The minimum Gasteiger partial charge on any atom is -0.294 e. The first-order valence-electron chi connectivity index (χ1n) is 5.77. The second-order valence-corrected chi connectivity index (χ2v) is 4.04. The molecule has 1 nitrogen and oxygen atoms in total. The number of rotatable bonds is 4. The number of ketones is 1. The van der Waals surface area contributed by atoms with E-state index in [9.17, 15) is 4.79 Å². The van der Waals surface area contributed by atoms with Crippen LogP contribution in [0.4, 0.5) is 0 Å². The van der Waals surface area contributed by atoms with E-state index in [-0.39, 0.29) is 5.78 Å². The summed E-state index contributed by atoms with van der Waals surface area (Å²) in [6.45, 7) is 0. The molecular weight excluding hydrogens is 208 g/mol. The minimum absolute atomic E-state index is 0.172. The number of hydrogen-bond acceptors (Lipinski definition) is 1. The summed E-state index contributed by atoms with van der Waals surface area (Å²) in [6.07, 6.45) is 7.13. The van der Waals surface area contributed by atoms with Crippen LogP contribution in [0.15, 0.2) is 42.5 Å². The van der Waals surface area contributed by atoms with E-state index >= 15 is 0 Å². The van der Waals surface area contributed by atoms with E-state index in [1.54, 1.807) is 0 Å². The fourth-order valence-corrected chi connectivity index (χ4v) is 1.86. The van der Waals surface area contributed by atoms with Gasteiger partial charge in [0, 0.05) is 18.4 Å². The standard InChI is InChI=1S/C16H14O/c1-2-3-4-9-16(17)15-11-10-13-7-5-6-8-14(13)12-15/h1,5-8,10-12H,3-4,9H2. The Balaban J connectivity index is 2.19. The van der Waals surface area contributed by atoms with Crippen molar-refractivity contribution in [3.8, 4) is 12.3 Å². The Kier molecular flexibility index (Phi) is 3.57. The van der Waals surface area contributed by atoms with Gasteiger partial charge in [-0.1, -0.05) is 36.4 Å². The molecule has 2 rings (SSSR count). The number of carbonyl (C=O) groups is 1. The fraction of sp³-hybridized carbons (Fsp3) is 0.188. The highest BCUT2D eigenvalue weighted by Crippen LogP contribution is 2.17. The number of carbonyl (C=O) groups excluding carboxylic acids is 1. The Morgan fingerprint density at radius 1 is 1.12 bits per heavy atom. The summed E-state index contributed by atoms with van der Waals surface area (Å²) >= 11 is 0. The van der Waals surface area contributed by atoms with E-state index in [4.69, 9.17) is 6.42 Å². The Morgan fingerprint density at radius 3 is 2.65 bits per heavy atom. The lowest BCUT2D eigenvalue weighted by atomic mass is 10.0. The average Bonchev–Trinajstić information content (AvgIpc) is 2.38. The predicted molar refractivity (Wildman–Crippen MR) is 71.0 cm³/mol. The van der Waals surface area contributed by atoms with Gasteiger partial charge >= 0.3 is 0 Å². The van der Waals surface area contributed by atoms with Gasteiger partial charge in [0.25, 0.3) is 0 Å². The van der Waals surface area contributed by atoms with Crippen LogP contribution in [0.2, 0.25) is 0 Å². The second kappa shape index (κ2) is 5.32. The van der Waals surface area contributed by atoms with Gasteiger partial charge in [0.15, 0.2) is 5.78 Å². The molecule has 2 aromatic carbocycles. The number of terminal acetylenes is 1. The molecule has 0 aliphatic heterocycles. The molecule has 0 aliphatic rings. The summed E-state index contributed by atoms with van der Waals surface area (Å²) in [5, 5.41) is 2.27. The second-order valence-electron chi connectivity index (χ2n) is 4.04. The van der Waals surface area contributed by atoms with Gasteiger partial charge in [-0.2, -0.15) is 0 Å². The molecule has 0 radical (unpaired) electrons. The van der Waals surface area contributed by atoms with E-state index in [1.807, 2.05) is 42.5 Å². The zero-order chi connectivity index (χ0) is 12.1. The molecule has 0 aromatic heterocycles. The van der Waals surface area contributed by atoms with E-state index < -0.39 is 0 Å². The molecule has 0 fully saturated rings. The number of Topliss-reactive ketones (excluding diaryl/α,β-unsaturated/α-hetero) is 1. The van der Waals surface area contributed by atoms with Gasteiger partial charge in [0.05, 0.1) is 0 Å². The molecule has 84 valence electrons. The van der Waals surface area contributed by atoms with Crippen molar-refractivity contribution in [2.75, 3.05) is 0 Å². The van der Waals surface area contributed by atoms with Crippen molar-refractivity contribution in [1.82, 2.24) is 0 Å². The maximum atomic E-state index is 11.9. The molecule has 0 spiro atoms. The van der Waals surface area contributed by atoms with E-state index in [0.717, 1.165) is 22.8 Å². The molecule has 0 atom stereocenters. The fourth-order valence-electron chi connectivity index (χ4n) is 1.86. The number of fused-ring (bicyclic) bond motifs is 1. The van der Waals surface area contributed by atoms with Crippen molar-refractivity contribution in [2.24, 2.45) is 0 Å². The van der Waals surface area contributed by atoms with Gasteiger partial charge in [0.2, 0.25) is 0 Å². The third-order valence-corrected chi connectivity index (χ3v) is 2.80. The lowest BCUT2D eigenvalue weighted by molar-refractivity contribution is 0.0980. The van der Waals surface area contributed by atoms with Crippen molar-refractivity contribution in [1.29, 1.82) is 0 Å². The third-order valence-electron chi connectivity index (χ3n) is 2.80. The highest BCUT2D eigenvalue weighted by atomic mass is 16.1. The molecule has 0 saturated carbocycles. The summed E-state index contributed by atoms with van der Waals surface area (Å²) in [5.41, 5.74) is 0.778. The topological polar surface area (TPSA) is 17.1 Å². The van der Waals surface area contributed by atoms with Crippen LogP contribution in [0.25, 0.3) is 10.8 Å². The molecule has 17 heavy (non-hydrogen) atoms. The SMILES string of the molecule is C#CCCCC(=O)c1ccc2ccccc2c1. The molecule has 0 N–H and O–H groups in total. The normalized spacial score (nSPS) is 10.1. The highest BCUT2D eigenvalue weighted by Gasteiger charge is 2.05. The van der Waals surface area contributed by atoms with Gasteiger partial charge in [0.1, 0.15) is 0 Å². The van der Waals surface area contributed by atoms with Crippen molar-refractivity contribution in [2.45, 2.75) is 19.3 Å². The van der Waals surface area contributed by atoms with Crippen LogP contribution in [0.5, 0.6) is 0 Å². The first-order valence-corrected chi connectivity index (χ1v) is 5.77. The summed E-state index contributed by atoms with van der Waals surface area (Å²) < 4.78 is 0. The van der Waals surface area contributed by atoms with Crippen LogP contribution < -0.4 is 0 Å². The number of benzene rings is 2.